The van der Waals surface area contributed by atoms with E-state index >= 15 is 0 Å². The van der Waals surface area contributed by atoms with E-state index in [0.717, 1.165) is 28.4 Å². The minimum Gasteiger partial charge on any atom is -0.488 e. The molecular formula is C15H10O2. The maximum atomic E-state index is 5.96. The largest absolute Gasteiger partial charge is 0.488 e. The molecule has 0 bridgehead atoms. The summed E-state index contributed by atoms with van der Waals surface area (Å²) in [6, 6.07) is 14.0. The van der Waals surface area contributed by atoms with Gasteiger partial charge in [0.1, 0.15) is 23.9 Å². The monoisotopic (exact) mass is 222 g/mol. The molecule has 0 spiro atoms. The van der Waals surface area contributed by atoms with Crippen LogP contribution < -0.4 is 9.47 Å². The summed E-state index contributed by atoms with van der Waals surface area (Å²) in [5.41, 5.74) is 3.40. The van der Waals surface area contributed by atoms with Gasteiger partial charge in [-0.05, 0) is 24.3 Å². The van der Waals surface area contributed by atoms with Crippen LogP contribution in [0.25, 0.3) is 11.6 Å². The van der Waals surface area contributed by atoms with Gasteiger partial charge >= 0.3 is 0 Å². The first-order chi connectivity index (χ1) is 8.42. The quantitative estimate of drug-likeness (QED) is 0.676. The van der Waals surface area contributed by atoms with Gasteiger partial charge in [-0.3, -0.25) is 0 Å². The second-order valence-corrected chi connectivity index (χ2v) is 4.23. The molecule has 0 N–H and O–H groups in total. The first kappa shape index (κ1) is 8.88. The number of fused-ring (bicyclic) bond motifs is 1. The molecule has 2 heteroatoms. The van der Waals surface area contributed by atoms with Crippen molar-refractivity contribution in [3.8, 4) is 17.2 Å². The molecule has 2 aliphatic rings. The molecule has 0 aromatic heterocycles. The van der Waals surface area contributed by atoms with E-state index < -0.39 is 0 Å². The van der Waals surface area contributed by atoms with Gasteiger partial charge in [-0.2, -0.15) is 0 Å². The highest BCUT2D eigenvalue weighted by Crippen LogP contribution is 2.45. The summed E-state index contributed by atoms with van der Waals surface area (Å²) in [6.45, 7) is 0.629. The summed E-state index contributed by atoms with van der Waals surface area (Å²) in [4.78, 5) is 0. The molecular weight excluding hydrogens is 212 g/mol. The van der Waals surface area contributed by atoms with Gasteiger partial charge in [0.15, 0.2) is 0 Å². The number of benzene rings is 2. The van der Waals surface area contributed by atoms with E-state index in [-0.39, 0.29) is 0 Å². The Balaban J connectivity index is 2.04. The van der Waals surface area contributed by atoms with Gasteiger partial charge in [-0.25, -0.2) is 0 Å². The zero-order chi connectivity index (χ0) is 11.2. The van der Waals surface area contributed by atoms with E-state index in [1.54, 1.807) is 0 Å². The standard InChI is InChI=1S/C15H10O2/c1-2-5-12-10(4-1)8-11-9-16-13-6-3-7-14(17-12)15(11)13/h1-8H,9H2. The van der Waals surface area contributed by atoms with Crippen molar-refractivity contribution >= 4 is 11.6 Å². The fourth-order valence-corrected chi connectivity index (χ4v) is 2.37. The van der Waals surface area contributed by atoms with E-state index in [2.05, 4.69) is 12.1 Å². The number of hydrogen-bond donors (Lipinski definition) is 0. The third kappa shape index (κ3) is 1.21. The van der Waals surface area contributed by atoms with Crippen LogP contribution in [0.15, 0.2) is 42.5 Å². The molecule has 0 saturated carbocycles. The molecule has 2 aromatic rings. The highest BCUT2D eigenvalue weighted by molar-refractivity contribution is 5.91. The molecule has 82 valence electrons. The fourth-order valence-electron chi connectivity index (χ4n) is 2.37. The molecule has 0 unspecified atom stereocenters. The molecule has 2 nitrogen and oxygen atoms in total. The van der Waals surface area contributed by atoms with Crippen LogP contribution in [0, 0.1) is 0 Å². The topological polar surface area (TPSA) is 18.5 Å². The highest BCUT2D eigenvalue weighted by atomic mass is 16.5. The third-order valence-electron chi connectivity index (χ3n) is 3.16. The average molecular weight is 222 g/mol. The van der Waals surface area contributed by atoms with Gasteiger partial charge in [0.2, 0.25) is 0 Å². The van der Waals surface area contributed by atoms with Gasteiger partial charge in [0, 0.05) is 11.1 Å². The Kier molecular flexibility index (Phi) is 1.64. The van der Waals surface area contributed by atoms with E-state index in [9.17, 15) is 0 Å². The van der Waals surface area contributed by atoms with Gasteiger partial charge in [0.25, 0.3) is 0 Å². The minimum atomic E-state index is 0.629. The molecule has 0 saturated heterocycles. The average Bonchev–Trinajstić information content (AvgIpc) is 2.68. The van der Waals surface area contributed by atoms with Gasteiger partial charge < -0.3 is 9.47 Å². The molecule has 4 rings (SSSR count). The van der Waals surface area contributed by atoms with E-state index in [1.165, 1.54) is 5.57 Å². The van der Waals surface area contributed by atoms with E-state index in [1.807, 2.05) is 36.4 Å². The molecule has 0 radical (unpaired) electrons. The number of para-hydroxylation sites is 1. The number of hydrogen-bond acceptors (Lipinski definition) is 2. The second kappa shape index (κ2) is 3.14. The first-order valence-corrected chi connectivity index (χ1v) is 5.65. The van der Waals surface area contributed by atoms with Crippen molar-refractivity contribution in [1.29, 1.82) is 0 Å². The maximum absolute atomic E-state index is 5.96. The SMILES string of the molecule is C1=C2COc3cccc(c32)Oc2ccccc21. The van der Waals surface area contributed by atoms with Gasteiger partial charge in [-0.1, -0.05) is 24.3 Å². The van der Waals surface area contributed by atoms with Crippen LogP contribution >= 0.6 is 0 Å². The van der Waals surface area contributed by atoms with Crippen molar-refractivity contribution in [1.82, 2.24) is 0 Å². The normalized spacial score (nSPS) is 14.9. The lowest BCUT2D eigenvalue weighted by molar-refractivity contribution is 0.387. The predicted octanol–water partition coefficient (Wildman–Crippen LogP) is 3.73. The van der Waals surface area contributed by atoms with Gasteiger partial charge in [-0.15, -0.1) is 0 Å². The Morgan fingerprint density at radius 2 is 1.65 bits per heavy atom. The summed E-state index contributed by atoms with van der Waals surface area (Å²) in [5.74, 6) is 2.71. The lowest BCUT2D eigenvalue weighted by atomic mass is 10.0. The summed E-state index contributed by atoms with van der Waals surface area (Å²) in [5, 5.41) is 0. The van der Waals surface area contributed by atoms with Crippen LogP contribution in [0.1, 0.15) is 11.1 Å². The predicted molar refractivity (Wildman–Crippen MR) is 66.3 cm³/mol. The van der Waals surface area contributed by atoms with Crippen molar-refractivity contribution in [3.05, 3.63) is 53.6 Å². The molecule has 17 heavy (non-hydrogen) atoms. The molecule has 2 heterocycles. The second-order valence-electron chi connectivity index (χ2n) is 4.23. The molecule has 2 aliphatic heterocycles. The Hall–Kier alpha value is -2.22. The summed E-state index contributed by atoms with van der Waals surface area (Å²) in [7, 11) is 0. The van der Waals surface area contributed by atoms with Crippen LogP contribution in [-0.4, -0.2) is 6.61 Å². The first-order valence-electron chi connectivity index (χ1n) is 5.65. The third-order valence-corrected chi connectivity index (χ3v) is 3.16. The summed E-state index contributed by atoms with van der Waals surface area (Å²) in [6.07, 6.45) is 2.15. The Labute approximate surface area is 99.1 Å². The van der Waals surface area contributed by atoms with Crippen LogP contribution in [0.4, 0.5) is 0 Å². The van der Waals surface area contributed by atoms with Crippen molar-refractivity contribution in [2.24, 2.45) is 0 Å². The number of ether oxygens (including phenoxy) is 2. The maximum Gasteiger partial charge on any atom is 0.138 e. The number of rotatable bonds is 0. The van der Waals surface area contributed by atoms with Gasteiger partial charge in [0.05, 0.1) is 5.56 Å². The lowest BCUT2D eigenvalue weighted by Crippen LogP contribution is -1.88. The summed E-state index contributed by atoms with van der Waals surface area (Å²) < 4.78 is 11.6. The van der Waals surface area contributed by atoms with E-state index in [0.29, 0.717) is 6.61 Å². The zero-order valence-corrected chi connectivity index (χ0v) is 9.14. The molecule has 0 aliphatic carbocycles. The van der Waals surface area contributed by atoms with E-state index in [4.69, 9.17) is 9.47 Å². The van der Waals surface area contributed by atoms with Crippen molar-refractivity contribution in [3.63, 3.8) is 0 Å². The smallest absolute Gasteiger partial charge is 0.138 e. The van der Waals surface area contributed by atoms with Crippen LogP contribution in [0.5, 0.6) is 17.2 Å². The zero-order valence-electron chi connectivity index (χ0n) is 9.14. The molecule has 2 aromatic carbocycles. The van der Waals surface area contributed by atoms with Crippen LogP contribution in [0.2, 0.25) is 0 Å². The van der Waals surface area contributed by atoms with Crippen LogP contribution in [0.3, 0.4) is 0 Å². The Morgan fingerprint density at radius 3 is 2.65 bits per heavy atom. The van der Waals surface area contributed by atoms with Crippen molar-refractivity contribution in [2.45, 2.75) is 0 Å². The minimum absolute atomic E-state index is 0.629. The highest BCUT2D eigenvalue weighted by Gasteiger charge is 2.25. The molecule has 0 atom stereocenters. The summed E-state index contributed by atoms with van der Waals surface area (Å²) >= 11 is 0. The van der Waals surface area contributed by atoms with Crippen molar-refractivity contribution < 1.29 is 9.47 Å². The Bertz CT molecular complexity index is 641. The van der Waals surface area contributed by atoms with Crippen molar-refractivity contribution in [2.75, 3.05) is 6.61 Å². The molecule has 0 amide bonds. The fraction of sp³-hybridized carbons (Fsp3) is 0.0667. The Morgan fingerprint density at radius 1 is 0.824 bits per heavy atom. The molecule has 0 fully saturated rings. The van der Waals surface area contributed by atoms with Crippen LogP contribution in [-0.2, 0) is 0 Å². The lowest BCUT2D eigenvalue weighted by Gasteiger charge is -2.08.